The molecule has 5 nitrogen and oxygen atoms in total. The van der Waals surface area contributed by atoms with E-state index >= 15 is 0 Å². The van der Waals surface area contributed by atoms with Crippen LogP contribution in [0.25, 0.3) is 0 Å². The van der Waals surface area contributed by atoms with Crippen molar-refractivity contribution >= 4 is 5.91 Å². The third kappa shape index (κ3) is 3.34. The van der Waals surface area contributed by atoms with Crippen LogP contribution in [-0.2, 0) is 6.18 Å². The monoisotopic (exact) mass is 344 g/mol. The lowest BCUT2D eigenvalue weighted by Crippen LogP contribution is -2.52. The number of alkyl halides is 3. The number of benzene rings is 1. The van der Waals surface area contributed by atoms with E-state index in [1.54, 1.807) is 0 Å². The molecule has 1 aromatic rings. The highest BCUT2D eigenvalue weighted by molar-refractivity contribution is 5.95. The molecule has 3 N–H and O–H groups in total. The summed E-state index contributed by atoms with van der Waals surface area (Å²) in [5, 5.41) is 11.4. The average Bonchev–Trinajstić information content (AvgIpc) is 2.47. The molecule has 0 saturated carbocycles. The fraction of sp³-hybridized carbons (Fsp3) is 0.562. The molecule has 1 aromatic carbocycles. The maximum atomic E-state index is 12.8. The van der Waals surface area contributed by atoms with Crippen LogP contribution in [-0.4, -0.2) is 34.4 Å². The van der Waals surface area contributed by atoms with E-state index in [1.165, 1.54) is 5.06 Å². The summed E-state index contributed by atoms with van der Waals surface area (Å²) < 4.78 is 44.2. The summed E-state index contributed by atoms with van der Waals surface area (Å²) in [5.74, 6) is -0.902. The first-order valence-electron chi connectivity index (χ1n) is 7.90. The van der Waals surface area contributed by atoms with Gasteiger partial charge < -0.3 is 15.7 Å². The van der Waals surface area contributed by atoms with Crippen LogP contribution in [0.1, 0.15) is 48.0 Å². The van der Waals surface area contributed by atoms with E-state index in [-0.39, 0.29) is 29.5 Å². The predicted octanol–water partition coefficient (Wildman–Crippen LogP) is 2.96. The van der Waals surface area contributed by atoms with Crippen molar-refractivity contribution in [3.63, 3.8) is 0 Å². The molecule has 0 unspecified atom stereocenters. The zero-order chi connectivity index (χ0) is 17.5. The summed E-state index contributed by atoms with van der Waals surface area (Å²) in [6.45, 7) is 0. The van der Waals surface area contributed by atoms with Crippen molar-refractivity contribution in [1.82, 2.24) is 5.06 Å². The van der Waals surface area contributed by atoms with Crippen molar-refractivity contribution in [3.05, 3.63) is 29.3 Å². The van der Waals surface area contributed by atoms with Crippen LogP contribution < -0.4 is 10.5 Å². The molecule has 132 valence electrons. The normalized spacial score (nSPS) is 27.8. The molecule has 2 heterocycles. The molecule has 0 radical (unpaired) electrons. The van der Waals surface area contributed by atoms with Gasteiger partial charge in [0, 0.05) is 24.9 Å². The summed E-state index contributed by atoms with van der Waals surface area (Å²) in [6.07, 6.45) is -0.962. The van der Waals surface area contributed by atoms with E-state index < -0.39 is 17.6 Å². The van der Waals surface area contributed by atoms with Gasteiger partial charge in [-0.05, 0) is 31.0 Å². The van der Waals surface area contributed by atoms with Gasteiger partial charge in [-0.2, -0.15) is 18.2 Å². The number of carbonyl (C=O) groups excluding carboxylic acids is 1. The number of nitrogens with two attached hydrogens (primary N) is 1. The minimum absolute atomic E-state index is 0.0195. The summed E-state index contributed by atoms with van der Waals surface area (Å²) in [7, 11) is 0. The van der Waals surface area contributed by atoms with Gasteiger partial charge in [0.15, 0.2) is 0 Å². The Labute approximate surface area is 137 Å². The number of ether oxygens (including phenoxy) is 1. The Morgan fingerprint density at radius 3 is 2.42 bits per heavy atom. The fourth-order valence-electron chi connectivity index (χ4n) is 3.58. The van der Waals surface area contributed by atoms with Crippen LogP contribution in [0.2, 0.25) is 0 Å². The summed E-state index contributed by atoms with van der Waals surface area (Å²) in [5.41, 5.74) is 4.00. The maximum Gasteiger partial charge on any atom is 0.416 e. The lowest BCUT2D eigenvalue weighted by Gasteiger charge is -2.44. The molecular weight excluding hydrogens is 325 g/mol. The van der Waals surface area contributed by atoms with Crippen molar-refractivity contribution in [3.8, 4) is 5.75 Å². The lowest BCUT2D eigenvalue weighted by atomic mass is 9.84. The quantitative estimate of drug-likeness (QED) is 0.884. The van der Waals surface area contributed by atoms with E-state index in [2.05, 4.69) is 0 Å². The minimum Gasteiger partial charge on any atom is -0.489 e. The van der Waals surface area contributed by atoms with Gasteiger partial charge in [0.25, 0.3) is 5.91 Å². The largest absolute Gasteiger partial charge is 0.489 e. The second-order valence-electron chi connectivity index (χ2n) is 6.40. The zero-order valence-electron chi connectivity index (χ0n) is 12.9. The average molecular weight is 344 g/mol. The summed E-state index contributed by atoms with van der Waals surface area (Å²) in [4.78, 5) is 11.5. The molecule has 2 aliphatic heterocycles. The Morgan fingerprint density at radius 2 is 1.88 bits per heavy atom. The van der Waals surface area contributed by atoms with E-state index in [1.807, 2.05) is 0 Å². The number of carbonyl (C=O) groups is 1. The van der Waals surface area contributed by atoms with Gasteiger partial charge in [-0.3, -0.25) is 4.79 Å². The Balaban J connectivity index is 1.81. The standard InChI is InChI=1S/C16H19F3N2O3/c17-16(18,19)9-4-5-14(13(6-9)15(20)22)24-12-7-10-2-1-3-11(8-12)21(10)23/h4-6,10-12,23H,1-3,7-8H2,(H2,20,22)/t10-,11-/m1/s1. The highest BCUT2D eigenvalue weighted by atomic mass is 19.4. The van der Waals surface area contributed by atoms with Gasteiger partial charge in [-0.25, -0.2) is 0 Å². The lowest BCUT2D eigenvalue weighted by molar-refractivity contribution is -0.207. The van der Waals surface area contributed by atoms with E-state index in [0.717, 1.165) is 37.5 Å². The molecular formula is C16H19F3N2O3. The molecule has 0 aromatic heterocycles. The van der Waals surface area contributed by atoms with Gasteiger partial charge >= 0.3 is 6.18 Å². The Morgan fingerprint density at radius 1 is 1.25 bits per heavy atom. The van der Waals surface area contributed by atoms with E-state index in [9.17, 15) is 23.2 Å². The molecule has 2 bridgehead atoms. The Kier molecular flexibility index (Phi) is 4.44. The SMILES string of the molecule is NC(=O)c1cc(C(F)(F)F)ccc1OC1C[C@H]2CCC[C@H](C1)N2O. The molecule has 0 aliphatic carbocycles. The van der Waals surface area contributed by atoms with E-state index in [4.69, 9.17) is 10.5 Å². The number of piperidine rings is 2. The molecule has 24 heavy (non-hydrogen) atoms. The van der Waals surface area contributed by atoms with Crippen LogP contribution >= 0.6 is 0 Å². The molecule has 0 spiro atoms. The molecule has 2 fully saturated rings. The first-order valence-corrected chi connectivity index (χ1v) is 7.90. The number of halogens is 3. The van der Waals surface area contributed by atoms with Gasteiger partial charge in [-0.1, -0.05) is 6.42 Å². The van der Waals surface area contributed by atoms with Gasteiger partial charge in [0.05, 0.1) is 11.1 Å². The Hall–Kier alpha value is -1.80. The number of hydrogen-bond acceptors (Lipinski definition) is 4. The fourth-order valence-corrected chi connectivity index (χ4v) is 3.58. The molecule has 2 saturated heterocycles. The number of rotatable bonds is 3. The first kappa shape index (κ1) is 17.0. The molecule has 8 heteroatoms. The second-order valence-corrected chi connectivity index (χ2v) is 6.40. The number of fused-ring (bicyclic) bond motifs is 2. The highest BCUT2D eigenvalue weighted by Crippen LogP contribution is 2.36. The van der Waals surface area contributed by atoms with Crippen LogP contribution in [0.4, 0.5) is 13.2 Å². The van der Waals surface area contributed by atoms with Crippen molar-refractivity contribution in [1.29, 1.82) is 0 Å². The maximum absolute atomic E-state index is 12.8. The van der Waals surface area contributed by atoms with E-state index in [0.29, 0.717) is 12.8 Å². The van der Waals surface area contributed by atoms with Crippen molar-refractivity contribution in [2.24, 2.45) is 5.73 Å². The Bertz CT molecular complexity index is 621. The van der Waals surface area contributed by atoms with Crippen molar-refractivity contribution in [2.75, 3.05) is 0 Å². The van der Waals surface area contributed by atoms with Gasteiger partial charge in [-0.15, -0.1) is 0 Å². The second kappa shape index (κ2) is 6.25. The van der Waals surface area contributed by atoms with Crippen LogP contribution in [0.15, 0.2) is 18.2 Å². The number of hydroxylamine groups is 2. The van der Waals surface area contributed by atoms with Crippen LogP contribution in [0, 0.1) is 0 Å². The predicted molar refractivity (Wildman–Crippen MR) is 78.7 cm³/mol. The molecule has 1 amide bonds. The first-order chi connectivity index (χ1) is 11.3. The minimum atomic E-state index is -4.55. The van der Waals surface area contributed by atoms with Crippen molar-refractivity contribution < 1.29 is 27.9 Å². The smallest absolute Gasteiger partial charge is 0.416 e. The summed E-state index contributed by atoms with van der Waals surface area (Å²) >= 11 is 0. The number of amides is 1. The number of nitrogens with zero attached hydrogens (tertiary/aromatic N) is 1. The third-order valence-electron chi connectivity index (χ3n) is 4.76. The van der Waals surface area contributed by atoms with Crippen LogP contribution in [0.5, 0.6) is 5.75 Å². The number of primary amides is 1. The van der Waals surface area contributed by atoms with Gasteiger partial charge in [0.2, 0.25) is 0 Å². The molecule has 2 aliphatic rings. The topological polar surface area (TPSA) is 75.8 Å². The van der Waals surface area contributed by atoms with Crippen molar-refractivity contribution in [2.45, 2.75) is 56.5 Å². The third-order valence-corrected chi connectivity index (χ3v) is 4.76. The van der Waals surface area contributed by atoms with Gasteiger partial charge in [0.1, 0.15) is 11.9 Å². The zero-order valence-corrected chi connectivity index (χ0v) is 12.9. The molecule has 2 atom stereocenters. The number of hydrogen-bond donors (Lipinski definition) is 2. The highest BCUT2D eigenvalue weighted by Gasteiger charge is 2.39. The molecule has 3 rings (SSSR count). The van der Waals surface area contributed by atoms with Crippen LogP contribution in [0.3, 0.4) is 0 Å². The summed E-state index contributed by atoms with van der Waals surface area (Å²) in [6, 6.07) is 2.70.